The third-order valence-corrected chi connectivity index (χ3v) is 5.65. The SMILES string of the molecule is Cc1cccc(-c2ccccc2C(=O)Nc2ccc(NCCc3ccccn3)cc2)c1C. The Balaban J connectivity index is 1.43. The van der Waals surface area contributed by atoms with Gasteiger partial charge in [0.05, 0.1) is 0 Å². The number of carbonyl (C=O) groups is 1. The van der Waals surface area contributed by atoms with Gasteiger partial charge in [0.15, 0.2) is 0 Å². The summed E-state index contributed by atoms with van der Waals surface area (Å²) < 4.78 is 0. The molecule has 2 N–H and O–H groups in total. The first-order valence-corrected chi connectivity index (χ1v) is 10.8. The van der Waals surface area contributed by atoms with Crippen LogP contribution in [0.25, 0.3) is 11.1 Å². The Morgan fingerprint density at radius 1 is 0.781 bits per heavy atom. The van der Waals surface area contributed by atoms with Crippen molar-refractivity contribution in [2.45, 2.75) is 20.3 Å². The van der Waals surface area contributed by atoms with Crippen LogP contribution in [0.4, 0.5) is 11.4 Å². The summed E-state index contributed by atoms with van der Waals surface area (Å²) in [7, 11) is 0. The molecule has 160 valence electrons. The van der Waals surface area contributed by atoms with Gasteiger partial charge in [-0.1, -0.05) is 42.5 Å². The highest BCUT2D eigenvalue weighted by Gasteiger charge is 2.14. The number of carbonyl (C=O) groups excluding carboxylic acids is 1. The first-order chi connectivity index (χ1) is 15.6. The van der Waals surface area contributed by atoms with Gasteiger partial charge in [-0.25, -0.2) is 0 Å². The standard InChI is InChI=1S/C28H27N3O/c1-20-8-7-12-25(21(20)2)26-10-3-4-11-27(26)28(32)31-24-15-13-23(14-16-24)30-19-17-22-9-5-6-18-29-22/h3-16,18,30H,17,19H2,1-2H3,(H,31,32). The average molecular weight is 422 g/mol. The number of benzene rings is 3. The van der Waals surface area contributed by atoms with Gasteiger partial charge in [-0.2, -0.15) is 0 Å². The van der Waals surface area contributed by atoms with Crippen LogP contribution >= 0.6 is 0 Å². The summed E-state index contributed by atoms with van der Waals surface area (Å²) in [5.74, 6) is -0.114. The predicted molar refractivity (Wildman–Crippen MR) is 132 cm³/mol. The molecule has 0 aliphatic heterocycles. The van der Waals surface area contributed by atoms with Crippen molar-refractivity contribution >= 4 is 17.3 Å². The van der Waals surface area contributed by atoms with Crippen LogP contribution in [-0.4, -0.2) is 17.4 Å². The molecule has 0 aliphatic rings. The number of rotatable bonds is 7. The van der Waals surface area contributed by atoms with Gasteiger partial charge in [0, 0.05) is 41.8 Å². The second-order valence-corrected chi connectivity index (χ2v) is 7.82. The minimum atomic E-state index is -0.114. The summed E-state index contributed by atoms with van der Waals surface area (Å²) in [5, 5.41) is 6.43. The van der Waals surface area contributed by atoms with Crippen molar-refractivity contribution in [1.29, 1.82) is 0 Å². The largest absolute Gasteiger partial charge is 0.385 e. The lowest BCUT2D eigenvalue weighted by Crippen LogP contribution is -2.13. The quantitative estimate of drug-likeness (QED) is 0.370. The van der Waals surface area contributed by atoms with E-state index in [1.54, 1.807) is 0 Å². The summed E-state index contributed by atoms with van der Waals surface area (Å²) in [6.45, 7) is 4.98. The van der Waals surface area contributed by atoms with E-state index < -0.39 is 0 Å². The van der Waals surface area contributed by atoms with Crippen molar-refractivity contribution in [2.75, 3.05) is 17.2 Å². The van der Waals surface area contributed by atoms with E-state index >= 15 is 0 Å². The summed E-state index contributed by atoms with van der Waals surface area (Å²) in [6.07, 6.45) is 2.67. The van der Waals surface area contributed by atoms with E-state index in [0.717, 1.165) is 41.2 Å². The number of pyridine rings is 1. The number of amides is 1. The second-order valence-electron chi connectivity index (χ2n) is 7.82. The Kier molecular flexibility index (Phi) is 6.61. The molecule has 0 bridgehead atoms. The Bertz CT molecular complexity index is 1200. The number of hydrogen-bond acceptors (Lipinski definition) is 3. The Labute approximate surface area is 189 Å². The van der Waals surface area contributed by atoms with Crippen LogP contribution in [0.5, 0.6) is 0 Å². The van der Waals surface area contributed by atoms with Crippen molar-refractivity contribution in [3.63, 3.8) is 0 Å². The first kappa shape index (κ1) is 21.3. The van der Waals surface area contributed by atoms with Crippen LogP contribution in [0.1, 0.15) is 27.2 Å². The number of hydrogen-bond donors (Lipinski definition) is 2. The van der Waals surface area contributed by atoms with Crippen molar-refractivity contribution < 1.29 is 4.79 Å². The molecular formula is C28H27N3O. The molecular weight excluding hydrogens is 394 g/mol. The van der Waals surface area contributed by atoms with Gasteiger partial charge >= 0.3 is 0 Å². The maximum absolute atomic E-state index is 13.1. The monoisotopic (exact) mass is 421 g/mol. The fourth-order valence-electron chi connectivity index (χ4n) is 3.71. The molecule has 0 aliphatic carbocycles. The second kappa shape index (κ2) is 9.92. The molecule has 0 spiro atoms. The van der Waals surface area contributed by atoms with Crippen LogP contribution < -0.4 is 10.6 Å². The lowest BCUT2D eigenvalue weighted by molar-refractivity contribution is 0.102. The van der Waals surface area contributed by atoms with Gasteiger partial charge in [-0.15, -0.1) is 0 Å². The van der Waals surface area contributed by atoms with Crippen LogP contribution in [-0.2, 0) is 6.42 Å². The van der Waals surface area contributed by atoms with Crippen LogP contribution in [0, 0.1) is 13.8 Å². The van der Waals surface area contributed by atoms with Gasteiger partial charge in [-0.3, -0.25) is 9.78 Å². The lowest BCUT2D eigenvalue weighted by atomic mass is 9.93. The molecule has 0 radical (unpaired) electrons. The molecule has 4 nitrogen and oxygen atoms in total. The van der Waals surface area contributed by atoms with E-state index in [2.05, 4.69) is 41.6 Å². The van der Waals surface area contributed by atoms with Crippen LogP contribution in [0.3, 0.4) is 0 Å². The van der Waals surface area contributed by atoms with Crippen molar-refractivity contribution in [2.24, 2.45) is 0 Å². The van der Waals surface area contributed by atoms with Gasteiger partial charge in [-0.05, 0) is 78.6 Å². The molecule has 0 unspecified atom stereocenters. The first-order valence-electron chi connectivity index (χ1n) is 10.8. The molecule has 0 atom stereocenters. The fourth-order valence-corrected chi connectivity index (χ4v) is 3.71. The molecule has 0 saturated carbocycles. The third kappa shape index (κ3) is 5.03. The van der Waals surface area contributed by atoms with E-state index in [1.807, 2.05) is 79.0 Å². The normalized spacial score (nSPS) is 10.6. The topological polar surface area (TPSA) is 54.0 Å². The number of aromatic nitrogens is 1. The number of nitrogens with zero attached hydrogens (tertiary/aromatic N) is 1. The minimum absolute atomic E-state index is 0.114. The summed E-state index contributed by atoms with van der Waals surface area (Å²) in [6, 6.07) is 27.7. The minimum Gasteiger partial charge on any atom is -0.385 e. The third-order valence-electron chi connectivity index (χ3n) is 5.65. The van der Waals surface area contributed by atoms with Crippen LogP contribution in [0.2, 0.25) is 0 Å². The van der Waals surface area contributed by atoms with E-state index in [9.17, 15) is 4.79 Å². The van der Waals surface area contributed by atoms with Gasteiger partial charge in [0.25, 0.3) is 5.91 Å². The molecule has 4 heteroatoms. The maximum atomic E-state index is 13.1. The Morgan fingerprint density at radius 3 is 2.28 bits per heavy atom. The van der Waals surface area contributed by atoms with E-state index in [0.29, 0.717) is 5.56 Å². The Hall–Kier alpha value is -3.92. The highest BCUT2D eigenvalue weighted by molar-refractivity contribution is 6.09. The molecule has 1 amide bonds. The lowest BCUT2D eigenvalue weighted by Gasteiger charge is -2.14. The molecule has 3 aromatic carbocycles. The number of nitrogens with one attached hydrogen (secondary N) is 2. The van der Waals surface area contributed by atoms with Crippen LogP contribution in [0.15, 0.2) is 91.1 Å². The van der Waals surface area contributed by atoms with Gasteiger partial charge < -0.3 is 10.6 Å². The highest BCUT2D eigenvalue weighted by Crippen LogP contribution is 2.29. The Morgan fingerprint density at radius 2 is 1.50 bits per heavy atom. The predicted octanol–water partition coefficient (Wildman–Crippen LogP) is 6.27. The molecule has 4 aromatic rings. The smallest absolute Gasteiger partial charge is 0.256 e. The zero-order valence-corrected chi connectivity index (χ0v) is 18.4. The molecule has 1 heterocycles. The van der Waals surface area contributed by atoms with Crippen molar-refractivity contribution in [1.82, 2.24) is 4.98 Å². The van der Waals surface area contributed by atoms with E-state index in [-0.39, 0.29) is 5.91 Å². The van der Waals surface area contributed by atoms with E-state index in [4.69, 9.17) is 0 Å². The van der Waals surface area contributed by atoms with Crippen molar-refractivity contribution in [3.05, 3.63) is 114 Å². The summed E-state index contributed by atoms with van der Waals surface area (Å²) >= 11 is 0. The molecule has 0 fully saturated rings. The highest BCUT2D eigenvalue weighted by atomic mass is 16.1. The zero-order chi connectivity index (χ0) is 22.3. The molecule has 4 rings (SSSR count). The summed E-state index contributed by atoms with van der Waals surface area (Å²) in [5.41, 5.74) is 7.93. The number of aryl methyl sites for hydroxylation is 1. The molecule has 32 heavy (non-hydrogen) atoms. The zero-order valence-electron chi connectivity index (χ0n) is 18.4. The van der Waals surface area contributed by atoms with Gasteiger partial charge in [0.2, 0.25) is 0 Å². The maximum Gasteiger partial charge on any atom is 0.256 e. The van der Waals surface area contributed by atoms with Gasteiger partial charge in [0.1, 0.15) is 0 Å². The van der Waals surface area contributed by atoms with Crippen molar-refractivity contribution in [3.8, 4) is 11.1 Å². The molecule has 0 saturated heterocycles. The van der Waals surface area contributed by atoms with E-state index in [1.165, 1.54) is 11.1 Å². The summed E-state index contributed by atoms with van der Waals surface area (Å²) in [4.78, 5) is 17.4. The average Bonchev–Trinajstić information content (AvgIpc) is 2.83. The fraction of sp³-hybridized carbons (Fsp3) is 0.143. The molecule has 1 aromatic heterocycles. The number of anilines is 2.